The Morgan fingerprint density at radius 1 is 1.19 bits per heavy atom. The maximum absolute atomic E-state index is 14.2. The number of piperazine rings is 1. The van der Waals surface area contributed by atoms with Crippen molar-refractivity contribution in [2.45, 2.75) is 49.5 Å². The molecule has 3 saturated heterocycles. The number of amides is 3. The van der Waals surface area contributed by atoms with Crippen LogP contribution in [0.4, 0.5) is 0 Å². The van der Waals surface area contributed by atoms with Gasteiger partial charge in [0.15, 0.2) is 0 Å². The molecule has 1 aliphatic carbocycles. The first kappa shape index (κ1) is 26.9. The number of aromatic amines is 1. The van der Waals surface area contributed by atoms with Gasteiger partial charge in [-0.1, -0.05) is 48.5 Å². The largest absolute Gasteiger partial charge is 0.361 e. The van der Waals surface area contributed by atoms with Crippen LogP contribution in [0.2, 0.25) is 0 Å². The molecular weight excluding hydrogens is 566 g/mol. The number of aliphatic hydroxyl groups is 1. The smallest absolute Gasteiger partial charge is 0.280 e. The second-order valence-electron chi connectivity index (χ2n) is 12.4. The molecule has 1 aromatic heterocycles. The van der Waals surface area contributed by atoms with Crippen molar-refractivity contribution in [2.75, 3.05) is 25.2 Å². The molecule has 3 fully saturated rings. The molecule has 5 aliphatic rings. The number of carbonyl (C=O) groups is 3. The Labute approximate surface area is 253 Å². The lowest BCUT2D eigenvalue weighted by molar-refractivity contribution is -0.313. The van der Waals surface area contributed by atoms with Crippen LogP contribution in [0, 0.1) is 5.92 Å². The van der Waals surface area contributed by atoms with Crippen molar-refractivity contribution in [3.8, 4) is 0 Å². The molecule has 43 heavy (non-hydrogen) atoms. The molecule has 0 radical (unpaired) electrons. The molecule has 0 spiro atoms. The summed E-state index contributed by atoms with van der Waals surface area (Å²) in [5.74, 6) is -3.00. The van der Waals surface area contributed by atoms with Gasteiger partial charge in [0.2, 0.25) is 17.5 Å². The summed E-state index contributed by atoms with van der Waals surface area (Å²) in [4.78, 5) is 50.1. The number of thioether (sulfide) groups is 1. The molecule has 6 atom stereocenters. The lowest BCUT2D eigenvalue weighted by Gasteiger charge is -2.48. The lowest BCUT2D eigenvalue weighted by Crippen LogP contribution is -2.72. The molecule has 0 unspecified atom stereocenters. The number of aromatic nitrogens is 1. The fourth-order valence-electron chi connectivity index (χ4n) is 7.67. The number of fused-ring (bicyclic) bond motifs is 5. The van der Waals surface area contributed by atoms with Crippen LogP contribution in [0.3, 0.4) is 0 Å². The highest BCUT2D eigenvalue weighted by Gasteiger charge is 2.70. The predicted molar refractivity (Wildman–Crippen MR) is 161 cm³/mol. The summed E-state index contributed by atoms with van der Waals surface area (Å²) in [6.07, 6.45) is 5.16. The van der Waals surface area contributed by atoms with Crippen LogP contribution in [-0.2, 0) is 32.0 Å². The normalized spacial score (nSPS) is 33.3. The Kier molecular flexibility index (Phi) is 5.91. The first-order chi connectivity index (χ1) is 20.7. The van der Waals surface area contributed by atoms with Crippen LogP contribution >= 0.6 is 11.8 Å². The SMILES string of the molecule is CN1C[C@H](C(=O)N[C@]2(C)O[C@@]3(O)[C@@H]4CSCN4C(=O)[C@H](Cc4ccccc4)N3C2=O)C=C2c3cccc4[nH]cc(c34)C[C@H]21. The van der Waals surface area contributed by atoms with E-state index in [9.17, 15) is 19.5 Å². The molecule has 3 amide bonds. The third kappa shape index (κ3) is 3.88. The first-order valence-electron chi connectivity index (χ1n) is 14.7. The topological polar surface area (TPSA) is 118 Å². The minimum Gasteiger partial charge on any atom is -0.361 e. The Hall–Kier alpha value is -3.64. The van der Waals surface area contributed by atoms with Gasteiger partial charge in [0.05, 0.1) is 11.8 Å². The number of nitrogens with one attached hydrogen (secondary N) is 2. The average Bonchev–Trinajstić information content (AvgIpc) is 3.70. The second kappa shape index (κ2) is 9.43. The number of benzene rings is 2. The maximum atomic E-state index is 14.2. The minimum atomic E-state index is -2.06. The molecule has 8 rings (SSSR count). The second-order valence-corrected chi connectivity index (χ2v) is 13.4. The van der Waals surface area contributed by atoms with E-state index in [1.807, 2.05) is 49.5 Å². The van der Waals surface area contributed by atoms with Gasteiger partial charge in [-0.05, 0) is 48.7 Å². The molecule has 3 aromatic rings. The molecule has 2 aromatic carbocycles. The summed E-state index contributed by atoms with van der Waals surface area (Å²) in [6, 6.07) is 14.0. The van der Waals surface area contributed by atoms with E-state index in [1.165, 1.54) is 34.5 Å². The molecule has 3 N–H and O–H groups in total. The zero-order valence-electron chi connectivity index (χ0n) is 23.9. The van der Waals surface area contributed by atoms with Gasteiger partial charge >= 0.3 is 0 Å². The van der Waals surface area contributed by atoms with Gasteiger partial charge in [0, 0.05) is 41.9 Å². The molecule has 0 saturated carbocycles. The Morgan fingerprint density at radius 2 is 2.00 bits per heavy atom. The number of ether oxygens (including phenoxy) is 1. The van der Waals surface area contributed by atoms with Crippen LogP contribution in [0.5, 0.6) is 0 Å². The molecule has 4 aliphatic heterocycles. The monoisotopic (exact) mass is 599 g/mol. The van der Waals surface area contributed by atoms with Gasteiger partial charge in [0.1, 0.15) is 12.1 Å². The summed E-state index contributed by atoms with van der Waals surface area (Å²) in [6.45, 7) is 1.95. The summed E-state index contributed by atoms with van der Waals surface area (Å²) in [5, 5.41) is 16.1. The van der Waals surface area contributed by atoms with E-state index in [1.54, 1.807) is 4.90 Å². The van der Waals surface area contributed by atoms with E-state index in [2.05, 4.69) is 33.5 Å². The van der Waals surface area contributed by atoms with Crippen LogP contribution in [0.25, 0.3) is 16.5 Å². The maximum Gasteiger partial charge on any atom is 0.280 e. The molecule has 11 heteroatoms. The number of rotatable bonds is 4. The van der Waals surface area contributed by atoms with E-state index >= 15 is 0 Å². The number of nitrogens with zero attached hydrogens (tertiary/aromatic N) is 3. The lowest BCUT2D eigenvalue weighted by atomic mass is 9.79. The van der Waals surface area contributed by atoms with Crippen molar-refractivity contribution in [1.82, 2.24) is 25.0 Å². The van der Waals surface area contributed by atoms with E-state index in [0.717, 1.165) is 28.6 Å². The molecule has 5 heterocycles. The van der Waals surface area contributed by atoms with Crippen LogP contribution in [-0.4, -0.2) is 97.5 Å². The highest BCUT2D eigenvalue weighted by Crippen LogP contribution is 2.46. The Balaban J connectivity index is 1.11. The summed E-state index contributed by atoms with van der Waals surface area (Å²) in [7, 11) is 2.02. The number of likely N-dealkylation sites (N-methyl/N-ethyl adjacent to an activating group) is 1. The number of H-pyrrole nitrogens is 1. The predicted octanol–water partition coefficient (Wildman–Crippen LogP) is 1.90. The molecule has 222 valence electrons. The highest BCUT2D eigenvalue weighted by molar-refractivity contribution is 7.99. The van der Waals surface area contributed by atoms with Crippen LogP contribution in [0.15, 0.2) is 60.8 Å². The highest BCUT2D eigenvalue weighted by atomic mass is 32.2. The van der Waals surface area contributed by atoms with Gasteiger partial charge < -0.3 is 20.3 Å². The molecular formula is C32H33N5O5S. The van der Waals surface area contributed by atoms with Crippen molar-refractivity contribution in [3.05, 3.63) is 77.5 Å². The van der Waals surface area contributed by atoms with Crippen molar-refractivity contribution >= 4 is 46.0 Å². The minimum absolute atomic E-state index is 0.142. The third-order valence-corrected chi connectivity index (χ3v) is 10.8. The fourth-order valence-corrected chi connectivity index (χ4v) is 8.90. The van der Waals surface area contributed by atoms with Crippen molar-refractivity contribution in [3.63, 3.8) is 0 Å². The van der Waals surface area contributed by atoms with Crippen molar-refractivity contribution < 1.29 is 24.2 Å². The standard InChI is InChI=1S/C32H33N5O5S/c1-31(34-28(38)20-12-22-21-9-6-10-23-27(21)19(14-33-23)13-24(22)35(2)15-20)30(40)37-25(11-18-7-4-3-5-8-18)29(39)36-17-43-16-26(36)32(37,41)42-31/h3-10,12,14,20,24-26,33,41H,11,13,15-17H2,1-2H3,(H,34,38)/t20-,24-,25+,26+,31-,32+/m1/s1. The summed E-state index contributed by atoms with van der Waals surface area (Å²) < 4.78 is 6.21. The van der Waals surface area contributed by atoms with Gasteiger partial charge in [-0.15, -0.1) is 11.8 Å². The van der Waals surface area contributed by atoms with Crippen molar-refractivity contribution in [1.29, 1.82) is 0 Å². The zero-order valence-corrected chi connectivity index (χ0v) is 24.8. The van der Waals surface area contributed by atoms with Crippen LogP contribution in [0.1, 0.15) is 23.6 Å². The van der Waals surface area contributed by atoms with Crippen molar-refractivity contribution in [2.24, 2.45) is 5.92 Å². The van der Waals surface area contributed by atoms with Crippen LogP contribution < -0.4 is 5.32 Å². The Morgan fingerprint density at radius 3 is 2.81 bits per heavy atom. The van der Waals surface area contributed by atoms with Gasteiger partial charge in [-0.2, -0.15) is 0 Å². The molecule has 0 bridgehead atoms. The molecule has 10 nitrogen and oxygen atoms in total. The van der Waals surface area contributed by atoms with Gasteiger partial charge in [-0.25, -0.2) is 0 Å². The average molecular weight is 600 g/mol. The van der Waals surface area contributed by atoms with E-state index in [0.29, 0.717) is 18.2 Å². The number of hydrogen-bond donors (Lipinski definition) is 3. The summed E-state index contributed by atoms with van der Waals surface area (Å²) >= 11 is 1.51. The van der Waals surface area contributed by atoms with E-state index in [-0.39, 0.29) is 24.3 Å². The third-order valence-electron chi connectivity index (χ3n) is 9.76. The zero-order chi connectivity index (χ0) is 29.7. The van der Waals surface area contributed by atoms with E-state index in [4.69, 9.17) is 4.74 Å². The first-order valence-corrected chi connectivity index (χ1v) is 15.9. The number of hydrogen-bond acceptors (Lipinski definition) is 7. The quantitative estimate of drug-likeness (QED) is 0.419. The van der Waals surface area contributed by atoms with Gasteiger partial charge in [-0.3, -0.25) is 28.9 Å². The van der Waals surface area contributed by atoms with Gasteiger partial charge in [0.25, 0.3) is 11.8 Å². The van der Waals surface area contributed by atoms with E-state index < -0.39 is 35.5 Å². The number of carbonyl (C=O) groups excluding carboxylic acids is 3. The summed E-state index contributed by atoms with van der Waals surface area (Å²) in [5.41, 5.74) is 3.56. The Bertz CT molecular complexity index is 1710. The fraction of sp³-hybridized carbons (Fsp3) is 0.406.